The van der Waals surface area contributed by atoms with Crippen LogP contribution in [0.25, 0.3) is 0 Å². The second-order valence-electron chi connectivity index (χ2n) is 18.1. The quantitative estimate of drug-likeness (QED) is 0.0296. The molecule has 0 aromatic carbocycles. The van der Waals surface area contributed by atoms with Crippen molar-refractivity contribution in [3.63, 3.8) is 0 Å². The van der Waals surface area contributed by atoms with Gasteiger partial charge in [-0.25, -0.2) is 0 Å². The second-order valence-corrected chi connectivity index (χ2v) is 18.1. The lowest BCUT2D eigenvalue weighted by Crippen LogP contribution is -2.60. The van der Waals surface area contributed by atoms with Crippen LogP contribution < -0.4 is 5.32 Å². The van der Waals surface area contributed by atoms with Crippen molar-refractivity contribution in [2.45, 2.75) is 294 Å². The van der Waals surface area contributed by atoms with Crippen molar-refractivity contribution in [3.05, 3.63) is 0 Å². The van der Waals surface area contributed by atoms with Gasteiger partial charge in [0.25, 0.3) is 0 Å². The molecule has 352 valence electrons. The minimum absolute atomic E-state index is 0.253. The minimum atomic E-state index is -1.60. The first-order valence-electron chi connectivity index (χ1n) is 25.3. The molecule has 1 amide bonds. The molecule has 1 rings (SSSR count). The van der Waals surface area contributed by atoms with Crippen LogP contribution in [0.2, 0.25) is 0 Å². The Bertz CT molecular complexity index is 911. The van der Waals surface area contributed by atoms with Crippen molar-refractivity contribution < 1.29 is 44.9 Å². The summed E-state index contributed by atoms with van der Waals surface area (Å²) >= 11 is 0. The molecule has 7 N–H and O–H groups in total. The number of nitrogens with one attached hydrogen (secondary N) is 1. The summed E-state index contributed by atoms with van der Waals surface area (Å²) in [5, 5.41) is 65.2. The Labute approximate surface area is 362 Å². The fourth-order valence-electron chi connectivity index (χ4n) is 8.44. The Morgan fingerprint density at radius 2 is 0.881 bits per heavy atom. The molecule has 0 aliphatic carbocycles. The average molecular weight is 844 g/mol. The van der Waals surface area contributed by atoms with Crippen LogP contribution in [-0.2, 0) is 14.3 Å². The van der Waals surface area contributed by atoms with E-state index in [-0.39, 0.29) is 18.9 Å². The predicted molar refractivity (Wildman–Crippen MR) is 241 cm³/mol. The van der Waals surface area contributed by atoms with Crippen LogP contribution in [0.3, 0.4) is 0 Å². The van der Waals surface area contributed by atoms with Crippen LogP contribution in [0.5, 0.6) is 0 Å². The number of carbonyl (C=O) groups is 1. The predicted octanol–water partition coefficient (Wildman–Crippen LogP) is 10.1. The van der Waals surface area contributed by atoms with Gasteiger partial charge in [0.15, 0.2) is 6.29 Å². The molecule has 1 aliphatic heterocycles. The molecule has 10 nitrogen and oxygen atoms in total. The minimum Gasteiger partial charge on any atom is -0.394 e. The third kappa shape index (κ3) is 30.0. The molecule has 0 spiro atoms. The Hall–Kier alpha value is -0.850. The summed E-state index contributed by atoms with van der Waals surface area (Å²) in [5.41, 5.74) is 0. The van der Waals surface area contributed by atoms with Crippen molar-refractivity contribution in [1.29, 1.82) is 0 Å². The second kappa shape index (κ2) is 40.0. The molecule has 10 heteroatoms. The van der Waals surface area contributed by atoms with E-state index >= 15 is 0 Å². The lowest BCUT2D eigenvalue weighted by molar-refractivity contribution is -0.303. The first-order chi connectivity index (χ1) is 28.8. The first kappa shape index (κ1) is 56.2. The average Bonchev–Trinajstić information content (AvgIpc) is 3.23. The lowest BCUT2D eigenvalue weighted by Gasteiger charge is -2.40. The zero-order chi connectivity index (χ0) is 43.2. The smallest absolute Gasteiger partial charge is 0.220 e. The summed E-state index contributed by atoms with van der Waals surface area (Å²) < 4.78 is 11.2. The molecular weight excluding hydrogens is 747 g/mol. The molecule has 0 saturated carbocycles. The van der Waals surface area contributed by atoms with Gasteiger partial charge >= 0.3 is 0 Å². The van der Waals surface area contributed by atoms with Crippen molar-refractivity contribution in [3.8, 4) is 0 Å². The standard InChI is InChI=1S/C49H97NO9/c1-3-5-7-9-11-13-15-16-17-18-19-20-21-22-23-24-25-26-28-30-32-34-36-38-44(53)50-41(40-58-49-48(57)47(56)46(55)43(39-51)59-49)45(54)42(52)37-35-33-31-29-27-14-12-10-8-6-4-2/h41-43,45-49,51-52,54-57H,3-40H2,1-2H3,(H,50,53)/t41-,42+,43+,45-,46+,47?,48?,49+/m0/s1. The highest BCUT2D eigenvalue weighted by Crippen LogP contribution is 2.23. The Kier molecular flexibility index (Phi) is 38.0. The summed E-state index contributed by atoms with van der Waals surface area (Å²) in [4.78, 5) is 13.0. The largest absolute Gasteiger partial charge is 0.394 e. The number of aliphatic hydroxyl groups is 6. The highest BCUT2D eigenvalue weighted by Gasteiger charge is 2.44. The van der Waals surface area contributed by atoms with Gasteiger partial charge in [0.2, 0.25) is 5.91 Å². The van der Waals surface area contributed by atoms with Gasteiger partial charge < -0.3 is 45.4 Å². The van der Waals surface area contributed by atoms with Crippen molar-refractivity contribution in [2.75, 3.05) is 13.2 Å². The van der Waals surface area contributed by atoms with Gasteiger partial charge in [0.1, 0.15) is 30.5 Å². The molecule has 1 heterocycles. The number of unbranched alkanes of at least 4 members (excludes halogenated alkanes) is 32. The van der Waals surface area contributed by atoms with Gasteiger partial charge in [0.05, 0.1) is 25.4 Å². The first-order valence-corrected chi connectivity index (χ1v) is 25.3. The van der Waals surface area contributed by atoms with Gasteiger partial charge in [-0.3, -0.25) is 4.79 Å². The van der Waals surface area contributed by atoms with Gasteiger partial charge in [-0.2, -0.15) is 0 Å². The van der Waals surface area contributed by atoms with E-state index in [0.717, 1.165) is 44.9 Å². The molecule has 0 radical (unpaired) electrons. The van der Waals surface area contributed by atoms with E-state index in [1.807, 2.05) is 0 Å². The van der Waals surface area contributed by atoms with Gasteiger partial charge in [0, 0.05) is 6.42 Å². The summed E-state index contributed by atoms with van der Waals surface area (Å²) in [6, 6.07) is -0.984. The maximum Gasteiger partial charge on any atom is 0.220 e. The van der Waals surface area contributed by atoms with E-state index in [1.54, 1.807) is 0 Å². The van der Waals surface area contributed by atoms with E-state index in [9.17, 15) is 35.4 Å². The van der Waals surface area contributed by atoms with Crippen LogP contribution in [-0.4, -0.2) is 98.7 Å². The Morgan fingerprint density at radius 1 is 0.525 bits per heavy atom. The van der Waals surface area contributed by atoms with E-state index in [1.165, 1.54) is 173 Å². The SMILES string of the molecule is CCCCCCCCCCCCCCCCCCCCCCCCCC(=O)N[C@@H](CO[C@@H]1O[C@H](CO)[C@@H](O)C(O)C1O)[C@H](O)[C@H](O)CCCCCCCCCCCCC. The molecule has 8 atom stereocenters. The zero-order valence-corrected chi connectivity index (χ0v) is 38.4. The summed E-state index contributed by atoms with van der Waals surface area (Å²) in [7, 11) is 0. The monoisotopic (exact) mass is 844 g/mol. The number of ether oxygens (including phenoxy) is 2. The number of amides is 1. The lowest BCUT2D eigenvalue weighted by atomic mass is 9.98. The van der Waals surface area contributed by atoms with Crippen LogP contribution >= 0.6 is 0 Å². The Morgan fingerprint density at radius 3 is 1.25 bits per heavy atom. The van der Waals surface area contributed by atoms with Crippen LogP contribution in [0, 0.1) is 0 Å². The molecule has 1 aliphatic rings. The van der Waals surface area contributed by atoms with Gasteiger partial charge in [-0.15, -0.1) is 0 Å². The molecule has 1 saturated heterocycles. The Balaban J connectivity index is 2.26. The van der Waals surface area contributed by atoms with E-state index in [0.29, 0.717) is 6.42 Å². The van der Waals surface area contributed by atoms with Crippen LogP contribution in [0.1, 0.15) is 245 Å². The molecule has 59 heavy (non-hydrogen) atoms. The van der Waals surface area contributed by atoms with Crippen molar-refractivity contribution >= 4 is 5.91 Å². The number of aliphatic hydroxyl groups excluding tert-OH is 6. The number of carbonyl (C=O) groups excluding carboxylic acids is 1. The van der Waals surface area contributed by atoms with E-state index in [2.05, 4.69) is 19.2 Å². The molecule has 0 aromatic rings. The fourth-order valence-corrected chi connectivity index (χ4v) is 8.44. The van der Waals surface area contributed by atoms with Crippen LogP contribution in [0.4, 0.5) is 0 Å². The fraction of sp³-hybridized carbons (Fsp3) is 0.980. The third-order valence-electron chi connectivity index (χ3n) is 12.6. The molecule has 0 bridgehead atoms. The zero-order valence-electron chi connectivity index (χ0n) is 38.4. The van der Waals surface area contributed by atoms with Gasteiger partial charge in [-0.1, -0.05) is 226 Å². The molecule has 1 fully saturated rings. The number of hydrogen-bond acceptors (Lipinski definition) is 9. The summed E-state index contributed by atoms with van der Waals surface area (Å²) in [6.07, 6.45) is 34.1. The van der Waals surface area contributed by atoms with Crippen molar-refractivity contribution in [1.82, 2.24) is 5.32 Å². The summed E-state index contributed by atoms with van der Waals surface area (Å²) in [6.45, 7) is 3.62. The normalized spacial score (nSPS) is 21.1. The van der Waals surface area contributed by atoms with E-state index in [4.69, 9.17) is 9.47 Å². The molecular formula is C49H97NO9. The molecule has 0 aromatic heterocycles. The van der Waals surface area contributed by atoms with E-state index < -0.39 is 55.6 Å². The highest BCUT2D eigenvalue weighted by molar-refractivity contribution is 5.76. The number of rotatable bonds is 43. The summed E-state index contributed by atoms with van der Waals surface area (Å²) in [5.74, 6) is -0.253. The van der Waals surface area contributed by atoms with Crippen LogP contribution in [0.15, 0.2) is 0 Å². The molecule has 2 unspecified atom stereocenters. The highest BCUT2D eigenvalue weighted by atomic mass is 16.7. The topological polar surface area (TPSA) is 169 Å². The van der Waals surface area contributed by atoms with Crippen molar-refractivity contribution in [2.24, 2.45) is 0 Å². The third-order valence-corrected chi connectivity index (χ3v) is 12.6. The van der Waals surface area contributed by atoms with Gasteiger partial charge in [-0.05, 0) is 12.8 Å². The maximum atomic E-state index is 13.0. The maximum absolute atomic E-state index is 13.0. The number of hydrogen-bond donors (Lipinski definition) is 7.